The Hall–Kier alpha value is -1.32. The Morgan fingerprint density at radius 1 is 1.26 bits per heavy atom. The Labute approximate surface area is 133 Å². The predicted molar refractivity (Wildman–Crippen MR) is 75.7 cm³/mol. The Kier molecular flexibility index (Phi) is 4.28. The van der Waals surface area contributed by atoms with Gasteiger partial charge in [0.15, 0.2) is 0 Å². The van der Waals surface area contributed by atoms with Crippen LogP contribution in [0.3, 0.4) is 0 Å². The van der Waals surface area contributed by atoms with Crippen molar-refractivity contribution in [2.75, 3.05) is 13.4 Å². The summed E-state index contributed by atoms with van der Waals surface area (Å²) in [6.45, 7) is 5.59. The highest BCUT2D eigenvalue weighted by atomic mass is 16.7. The van der Waals surface area contributed by atoms with Crippen LogP contribution in [-0.4, -0.2) is 59.5 Å². The van der Waals surface area contributed by atoms with Gasteiger partial charge in [-0.2, -0.15) is 0 Å². The van der Waals surface area contributed by atoms with Gasteiger partial charge in [-0.05, 0) is 5.57 Å². The quantitative estimate of drug-likeness (QED) is 0.443. The minimum absolute atomic E-state index is 0.0712. The average molecular weight is 327 g/mol. The molecule has 0 aliphatic carbocycles. The van der Waals surface area contributed by atoms with E-state index in [1.807, 2.05) is 0 Å². The molecule has 5 atom stereocenters. The van der Waals surface area contributed by atoms with Gasteiger partial charge in [0.25, 0.3) is 0 Å². The number of hydrogen-bond acceptors (Lipinski definition) is 7. The number of aliphatic hydroxyl groups is 2. The van der Waals surface area contributed by atoms with Crippen molar-refractivity contribution >= 4 is 11.8 Å². The lowest BCUT2D eigenvalue weighted by Crippen LogP contribution is -2.62. The minimum Gasteiger partial charge on any atom is -0.387 e. The molecular weight excluding hydrogens is 306 g/mol. The van der Waals surface area contributed by atoms with E-state index in [9.17, 15) is 19.8 Å². The van der Waals surface area contributed by atoms with Crippen molar-refractivity contribution < 1.29 is 34.0 Å². The molecule has 0 aromatic rings. The smallest absolute Gasteiger partial charge is 0.226 e. The van der Waals surface area contributed by atoms with Gasteiger partial charge in [0, 0.05) is 24.7 Å². The Morgan fingerprint density at radius 3 is 2.48 bits per heavy atom. The van der Waals surface area contributed by atoms with Crippen LogP contribution in [0.1, 0.15) is 19.8 Å². The van der Waals surface area contributed by atoms with Gasteiger partial charge in [0.05, 0.1) is 12.7 Å². The number of carbonyl (C=O) groups excluding carboxylic acids is 2. The van der Waals surface area contributed by atoms with Gasteiger partial charge < -0.3 is 24.4 Å². The molecule has 0 saturated carbocycles. The molecule has 3 rings (SSSR count). The Morgan fingerprint density at radius 2 is 1.91 bits per heavy atom. The molecule has 3 aliphatic rings. The molecule has 3 heterocycles. The van der Waals surface area contributed by atoms with Gasteiger partial charge in [-0.15, -0.1) is 0 Å². The van der Waals surface area contributed by atoms with Crippen molar-refractivity contribution in [1.82, 2.24) is 5.32 Å². The second kappa shape index (κ2) is 5.95. The molecule has 3 aliphatic heterocycles. The molecule has 128 valence electrons. The number of imide groups is 1. The number of nitrogens with one attached hydrogen (secondary N) is 1. The SMILES string of the molecule is C=C1CO[C@@](O)([C@H]2OCO[C@@H](C3CC(=O)NC(=O)C3)[C@@H]2O)[C@@H]1C. The summed E-state index contributed by atoms with van der Waals surface area (Å²) in [4.78, 5) is 23.1. The summed E-state index contributed by atoms with van der Waals surface area (Å²) in [7, 11) is 0. The van der Waals surface area contributed by atoms with Crippen LogP contribution >= 0.6 is 0 Å². The molecule has 0 unspecified atom stereocenters. The molecule has 0 radical (unpaired) electrons. The summed E-state index contributed by atoms with van der Waals surface area (Å²) >= 11 is 0. The van der Waals surface area contributed by atoms with Crippen LogP contribution in [0.25, 0.3) is 0 Å². The van der Waals surface area contributed by atoms with E-state index in [1.54, 1.807) is 6.92 Å². The molecule has 0 aromatic heterocycles. The van der Waals surface area contributed by atoms with E-state index in [1.165, 1.54) is 0 Å². The lowest BCUT2D eigenvalue weighted by atomic mass is 9.81. The third-order valence-corrected chi connectivity index (χ3v) is 4.92. The lowest BCUT2D eigenvalue weighted by molar-refractivity contribution is -0.338. The standard InChI is InChI=1S/C15H21NO7/c1-7-5-23-15(20,8(7)2)14-12(19)13(21-6-22-14)9-3-10(17)16-11(18)4-9/h8-9,12-14,19-20H,1,3-6H2,2H3,(H,16,17,18)/t8-,12+,13+,14+,15-/m1/s1. The van der Waals surface area contributed by atoms with Crippen molar-refractivity contribution in [1.29, 1.82) is 0 Å². The van der Waals surface area contributed by atoms with Gasteiger partial charge in [-0.3, -0.25) is 14.9 Å². The number of carbonyl (C=O) groups is 2. The third kappa shape index (κ3) is 2.81. The van der Waals surface area contributed by atoms with Crippen molar-refractivity contribution in [2.45, 2.75) is 43.9 Å². The van der Waals surface area contributed by atoms with E-state index in [0.717, 1.165) is 0 Å². The zero-order valence-corrected chi connectivity index (χ0v) is 12.9. The summed E-state index contributed by atoms with van der Waals surface area (Å²) in [5.41, 5.74) is 0.707. The van der Waals surface area contributed by atoms with E-state index in [4.69, 9.17) is 14.2 Å². The Balaban J connectivity index is 1.78. The zero-order valence-electron chi connectivity index (χ0n) is 12.9. The maximum Gasteiger partial charge on any atom is 0.226 e. The first-order chi connectivity index (χ1) is 10.8. The van der Waals surface area contributed by atoms with Crippen molar-refractivity contribution in [3.05, 3.63) is 12.2 Å². The molecule has 0 aromatic carbocycles. The van der Waals surface area contributed by atoms with E-state index in [2.05, 4.69) is 11.9 Å². The van der Waals surface area contributed by atoms with Gasteiger partial charge in [0.2, 0.25) is 17.6 Å². The largest absolute Gasteiger partial charge is 0.387 e. The second-order valence-electron chi connectivity index (χ2n) is 6.39. The first-order valence-electron chi connectivity index (χ1n) is 7.61. The molecule has 3 fully saturated rings. The summed E-state index contributed by atoms with van der Waals surface area (Å²) in [6.07, 6.45) is -2.93. The van der Waals surface area contributed by atoms with Crippen molar-refractivity contribution in [3.63, 3.8) is 0 Å². The van der Waals surface area contributed by atoms with E-state index in [0.29, 0.717) is 5.57 Å². The molecule has 2 amide bonds. The molecule has 0 bridgehead atoms. The number of ether oxygens (including phenoxy) is 3. The lowest BCUT2D eigenvalue weighted by Gasteiger charge is -2.45. The predicted octanol–water partition coefficient (Wildman–Crippen LogP) is -0.947. The second-order valence-corrected chi connectivity index (χ2v) is 6.39. The molecule has 8 nitrogen and oxygen atoms in total. The van der Waals surface area contributed by atoms with E-state index >= 15 is 0 Å². The molecule has 23 heavy (non-hydrogen) atoms. The average Bonchev–Trinajstić information content (AvgIpc) is 2.75. The van der Waals surface area contributed by atoms with Crippen LogP contribution < -0.4 is 5.32 Å². The van der Waals surface area contributed by atoms with Crippen LogP contribution in [0.4, 0.5) is 0 Å². The fourth-order valence-electron chi connectivity index (χ4n) is 3.46. The maximum atomic E-state index is 11.5. The zero-order chi connectivity index (χ0) is 16.8. The number of hydrogen-bond donors (Lipinski definition) is 3. The Bertz CT molecular complexity index is 520. The third-order valence-electron chi connectivity index (χ3n) is 4.92. The molecule has 3 saturated heterocycles. The van der Waals surface area contributed by atoms with E-state index in [-0.39, 0.29) is 26.2 Å². The number of aliphatic hydroxyl groups excluding tert-OH is 1. The number of amides is 2. The minimum atomic E-state index is -1.71. The van der Waals surface area contributed by atoms with Gasteiger partial charge in [-0.25, -0.2) is 0 Å². The van der Waals surface area contributed by atoms with Gasteiger partial charge in [0.1, 0.15) is 19.0 Å². The summed E-state index contributed by atoms with van der Waals surface area (Å²) in [5, 5.41) is 23.6. The first kappa shape index (κ1) is 16.5. The van der Waals surface area contributed by atoms with Crippen LogP contribution in [-0.2, 0) is 23.8 Å². The highest BCUT2D eigenvalue weighted by Gasteiger charge is 2.56. The maximum absolute atomic E-state index is 11.5. The molecular formula is C15H21NO7. The van der Waals surface area contributed by atoms with Crippen molar-refractivity contribution in [2.24, 2.45) is 11.8 Å². The molecule has 0 spiro atoms. The highest BCUT2D eigenvalue weighted by Crippen LogP contribution is 2.41. The number of piperidine rings is 1. The summed E-state index contributed by atoms with van der Waals surface area (Å²) in [6, 6.07) is 0. The normalized spacial score (nSPS) is 42.8. The topological polar surface area (TPSA) is 114 Å². The molecule has 8 heteroatoms. The molecule has 3 N–H and O–H groups in total. The van der Waals surface area contributed by atoms with Crippen LogP contribution in [0.2, 0.25) is 0 Å². The van der Waals surface area contributed by atoms with Crippen LogP contribution in [0.5, 0.6) is 0 Å². The van der Waals surface area contributed by atoms with Crippen LogP contribution in [0, 0.1) is 11.8 Å². The highest BCUT2D eigenvalue weighted by molar-refractivity contribution is 5.97. The monoisotopic (exact) mass is 327 g/mol. The fraction of sp³-hybridized carbons (Fsp3) is 0.733. The fourth-order valence-corrected chi connectivity index (χ4v) is 3.46. The van der Waals surface area contributed by atoms with E-state index < -0.39 is 47.7 Å². The summed E-state index contributed by atoms with van der Waals surface area (Å²) < 4.78 is 16.2. The van der Waals surface area contributed by atoms with Gasteiger partial charge in [-0.1, -0.05) is 13.5 Å². The van der Waals surface area contributed by atoms with Gasteiger partial charge >= 0.3 is 0 Å². The summed E-state index contributed by atoms with van der Waals surface area (Å²) in [5.74, 6) is -3.40. The first-order valence-corrected chi connectivity index (χ1v) is 7.61. The van der Waals surface area contributed by atoms with Crippen molar-refractivity contribution in [3.8, 4) is 0 Å². The number of rotatable bonds is 2. The van der Waals surface area contributed by atoms with Crippen LogP contribution in [0.15, 0.2) is 12.2 Å².